The van der Waals surface area contributed by atoms with E-state index in [1.54, 1.807) is 6.07 Å². The van der Waals surface area contributed by atoms with Crippen LogP contribution in [0.25, 0.3) is 27.3 Å². The molecular weight excluding hydrogens is 426 g/mol. The van der Waals surface area contributed by atoms with Gasteiger partial charge in [0.1, 0.15) is 24.5 Å². The predicted octanol–water partition coefficient (Wildman–Crippen LogP) is 6.53. The summed E-state index contributed by atoms with van der Waals surface area (Å²) in [5.41, 5.74) is 3.03. The second-order valence-electron chi connectivity index (χ2n) is 9.16. The van der Waals surface area contributed by atoms with Crippen LogP contribution in [-0.4, -0.2) is 18.0 Å². The Hall–Kier alpha value is -3.86. The molecule has 0 spiro atoms. The highest BCUT2D eigenvalue weighted by Crippen LogP contribution is 2.30. The molecule has 0 saturated heterocycles. The van der Waals surface area contributed by atoms with Gasteiger partial charge >= 0.3 is 5.63 Å². The topological polar surface area (TPSA) is 61.0 Å². The molecule has 0 saturated carbocycles. The van der Waals surface area contributed by atoms with E-state index in [0.29, 0.717) is 35.8 Å². The fraction of sp³-hybridized carbons (Fsp3) is 0.241. The van der Waals surface area contributed by atoms with Crippen molar-refractivity contribution in [1.82, 2.24) is 0 Å². The lowest BCUT2D eigenvalue weighted by atomic mass is 9.98. The molecule has 0 unspecified atom stereocenters. The maximum Gasteiger partial charge on any atom is 0.344 e. The number of ether oxygens (including phenoxy) is 2. The van der Waals surface area contributed by atoms with Crippen LogP contribution in [0.3, 0.4) is 0 Å². The standard InChI is InChI=1S/C29H27NO4/c1-4-20(15-27-30-29(2,3)18-33-27)21-10-12-23-24-13-11-22(32-17-19-8-6-5-7-9-19)16-26(24)34-28(31)25(23)14-21/h5-16H,4,17-18H2,1-3H3/b20-15-. The Balaban J connectivity index is 1.49. The Morgan fingerprint density at radius 1 is 1.03 bits per heavy atom. The van der Waals surface area contributed by atoms with E-state index in [9.17, 15) is 4.79 Å². The summed E-state index contributed by atoms with van der Waals surface area (Å²) in [5, 5.41) is 2.29. The van der Waals surface area contributed by atoms with Gasteiger partial charge in [0.2, 0.25) is 5.90 Å². The van der Waals surface area contributed by atoms with Crippen LogP contribution in [0, 0.1) is 0 Å². The highest BCUT2D eigenvalue weighted by molar-refractivity contribution is 6.06. The first-order valence-electron chi connectivity index (χ1n) is 11.5. The van der Waals surface area contributed by atoms with Crippen molar-refractivity contribution in [2.75, 3.05) is 6.61 Å². The van der Waals surface area contributed by atoms with Crippen molar-refractivity contribution >= 4 is 33.2 Å². The Morgan fingerprint density at radius 3 is 2.56 bits per heavy atom. The van der Waals surface area contributed by atoms with Crippen LogP contribution in [0.2, 0.25) is 0 Å². The second-order valence-corrected chi connectivity index (χ2v) is 9.16. The molecule has 34 heavy (non-hydrogen) atoms. The number of aliphatic imine (C=N–C) groups is 1. The Bertz CT molecular complexity index is 1480. The summed E-state index contributed by atoms with van der Waals surface area (Å²) in [6.45, 7) is 7.19. The largest absolute Gasteiger partial charge is 0.489 e. The smallest absolute Gasteiger partial charge is 0.344 e. The van der Waals surface area contributed by atoms with Crippen LogP contribution in [0.5, 0.6) is 5.75 Å². The van der Waals surface area contributed by atoms with Crippen molar-refractivity contribution in [2.24, 2.45) is 4.99 Å². The summed E-state index contributed by atoms with van der Waals surface area (Å²) in [6, 6.07) is 21.5. The number of nitrogens with zero attached hydrogens (tertiary/aromatic N) is 1. The van der Waals surface area contributed by atoms with Crippen molar-refractivity contribution in [3.05, 3.63) is 94.4 Å². The van der Waals surface area contributed by atoms with Crippen molar-refractivity contribution in [3.8, 4) is 5.75 Å². The quantitative estimate of drug-likeness (QED) is 0.246. The first kappa shape index (κ1) is 22.0. The average molecular weight is 454 g/mol. The van der Waals surface area contributed by atoms with Crippen LogP contribution in [-0.2, 0) is 11.3 Å². The zero-order valence-electron chi connectivity index (χ0n) is 19.6. The molecule has 0 fully saturated rings. The molecule has 4 aromatic rings. The summed E-state index contributed by atoms with van der Waals surface area (Å²) in [6.07, 6.45) is 2.75. The van der Waals surface area contributed by atoms with Gasteiger partial charge in [0.15, 0.2) is 0 Å². The van der Waals surface area contributed by atoms with Crippen LogP contribution < -0.4 is 10.4 Å². The Morgan fingerprint density at radius 2 is 1.82 bits per heavy atom. The first-order valence-corrected chi connectivity index (χ1v) is 11.5. The van der Waals surface area contributed by atoms with Crippen LogP contribution in [0.1, 0.15) is 38.3 Å². The van der Waals surface area contributed by atoms with Gasteiger partial charge in [-0.1, -0.05) is 49.4 Å². The molecule has 1 aliphatic heterocycles. The van der Waals surface area contributed by atoms with E-state index in [1.165, 1.54) is 0 Å². The molecule has 5 rings (SSSR count). The Kier molecular flexibility index (Phi) is 5.70. The molecule has 2 heterocycles. The fourth-order valence-electron chi connectivity index (χ4n) is 4.17. The molecule has 0 radical (unpaired) electrons. The molecule has 0 atom stereocenters. The summed E-state index contributed by atoms with van der Waals surface area (Å²) >= 11 is 0. The van der Waals surface area contributed by atoms with Gasteiger partial charge in [0.25, 0.3) is 0 Å². The fourth-order valence-corrected chi connectivity index (χ4v) is 4.17. The van der Waals surface area contributed by atoms with Gasteiger partial charge in [-0.15, -0.1) is 0 Å². The summed E-state index contributed by atoms with van der Waals surface area (Å²) in [4.78, 5) is 17.5. The molecule has 0 aliphatic carbocycles. The van der Waals surface area contributed by atoms with E-state index in [-0.39, 0.29) is 11.2 Å². The van der Waals surface area contributed by atoms with Gasteiger partial charge in [-0.25, -0.2) is 9.79 Å². The average Bonchev–Trinajstić information content (AvgIpc) is 3.19. The van der Waals surface area contributed by atoms with Gasteiger partial charge < -0.3 is 13.9 Å². The highest BCUT2D eigenvalue weighted by Gasteiger charge is 2.25. The van der Waals surface area contributed by atoms with Crippen molar-refractivity contribution < 1.29 is 13.9 Å². The third kappa shape index (κ3) is 4.46. The van der Waals surface area contributed by atoms with Crippen molar-refractivity contribution in [1.29, 1.82) is 0 Å². The predicted molar refractivity (Wildman–Crippen MR) is 136 cm³/mol. The maximum atomic E-state index is 12.9. The lowest BCUT2D eigenvalue weighted by molar-refractivity contribution is 0.280. The first-order chi connectivity index (χ1) is 16.4. The molecule has 3 aromatic carbocycles. The van der Waals surface area contributed by atoms with Crippen LogP contribution in [0.4, 0.5) is 0 Å². The zero-order valence-corrected chi connectivity index (χ0v) is 19.6. The number of hydrogen-bond donors (Lipinski definition) is 0. The van der Waals surface area contributed by atoms with E-state index >= 15 is 0 Å². The van der Waals surface area contributed by atoms with Gasteiger partial charge in [-0.3, -0.25) is 0 Å². The maximum absolute atomic E-state index is 12.9. The number of rotatable bonds is 6. The number of allylic oxidation sites excluding steroid dienone is 1. The second kappa shape index (κ2) is 8.82. The van der Waals surface area contributed by atoms with Gasteiger partial charge in [0, 0.05) is 17.5 Å². The summed E-state index contributed by atoms with van der Waals surface area (Å²) < 4.78 is 17.3. The minimum Gasteiger partial charge on any atom is -0.489 e. The third-order valence-electron chi connectivity index (χ3n) is 5.97. The molecule has 5 heteroatoms. The molecule has 5 nitrogen and oxygen atoms in total. The molecule has 1 aromatic heterocycles. The lowest BCUT2D eigenvalue weighted by Gasteiger charge is -2.10. The molecular formula is C29H27NO4. The van der Waals surface area contributed by atoms with E-state index < -0.39 is 0 Å². The zero-order chi connectivity index (χ0) is 23.7. The number of benzene rings is 3. The normalized spacial score (nSPS) is 15.4. The minimum absolute atomic E-state index is 0.211. The molecule has 172 valence electrons. The molecule has 0 bridgehead atoms. The van der Waals surface area contributed by atoms with Crippen molar-refractivity contribution in [3.63, 3.8) is 0 Å². The van der Waals surface area contributed by atoms with Gasteiger partial charge in [-0.05, 0) is 60.6 Å². The monoisotopic (exact) mass is 453 g/mol. The van der Waals surface area contributed by atoms with E-state index in [2.05, 4.69) is 11.9 Å². The molecule has 1 aliphatic rings. The van der Waals surface area contributed by atoms with Gasteiger partial charge in [0.05, 0.1) is 10.9 Å². The van der Waals surface area contributed by atoms with Crippen LogP contribution in [0.15, 0.2) is 87.0 Å². The highest BCUT2D eigenvalue weighted by atomic mass is 16.5. The molecule has 0 amide bonds. The SMILES string of the molecule is CC/C(=C/C1=NC(C)(C)CO1)c1ccc2c(c1)c(=O)oc1cc(OCc3ccccc3)ccc12. The summed E-state index contributed by atoms with van der Waals surface area (Å²) in [5.74, 6) is 1.29. The third-order valence-corrected chi connectivity index (χ3v) is 5.97. The van der Waals surface area contributed by atoms with Gasteiger partial charge in [-0.2, -0.15) is 0 Å². The van der Waals surface area contributed by atoms with E-state index in [4.69, 9.17) is 13.9 Å². The van der Waals surface area contributed by atoms with E-state index in [0.717, 1.165) is 33.9 Å². The van der Waals surface area contributed by atoms with E-state index in [1.807, 2.05) is 80.6 Å². The summed E-state index contributed by atoms with van der Waals surface area (Å²) in [7, 11) is 0. The Labute approximate surface area is 198 Å². The molecule has 0 N–H and O–H groups in total. The lowest BCUT2D eigenvalue weighted by Crippen LogP contribution is -2.17. The number of fused-ring (bicyclic) bond motifs is 3. The number of hydrogen-bond acceptors (Lipinski definition) is 5. The van der Waals surface area contributed by atoms with Crippen LogP contribution >= 0.6 is 0 Å². The minimum atomic E-state index is -0.365. The van der Waals surface area contributed by atoms with Crippen molar-refractivity contribution in [2.45, 2.75) is 39.3 Å².